The minimum absolute atomic E-state index is 0.975. The van der Waals surface area contributed by atoms with E-state index < -0.39 is 0 Å². The van der Waals surface area contributed by atoms with Gasteiger partial charge in [0.2, 0.25) is 0 Å². The standard InChI is InChI=1S/C35H23NS/c1-2-9-22-19-20-31-33(25(22)12-3-1)30-17-7-14-26(34(30)36-31)23-10-6-11-24(21-23)27-15-8-16-29-28-13-4-5-18-32(28)37-35(27)29/h2-21,36H,1H2. The zero-order valence-electron chi connectivity index (χ0n) is 20.2. The molecular formula is C35H23NS. The van der Waals surface area contributed by atoms with Gasteiger partial charge >= 0.3 is 0 Å². The van der Waals surface area contributed by atoms with E-state index in [0.717, 1.165) is 6.42 Å². The molecule has 0 amide bonds. The average molecular weight is 490 g/mol. The lowest BCUT2D eigenvalue weighted by Gasteiger charge is -2.09. The molecule has 5 aromatic carbocycles. The van der Waals surface area contributed by atoms with Crippen LogP contribution in [0.5, 0.6) is 0 Å². The van der Waals surface area contributed by atoms with Gasteiger partial charge < -0.3 is 4.98 Å². The van der Waals surface area contributed by atoms with E-state index in [-0.39, 0.29) is 0 Å². The van der Waals surface area contributed by atoms with Crippen LogP contribution >= 0.6 is 11.3 Å². The van der Waals surface area contributed by atoms with Crippen molar-refractivity contribution in [3.8, 4) is 22.3 Å². The summed E-state index contributed by atoms with van der Waals surface area (Å²) in [4.78, 5) is 3.77. The van der Waals surface area contributed by atoms with Gasteiger partial charge in [-0.25, -0.2) is 0 Å². The highest BCUT2D eigenvalue weighted by atomic mass is 32.1. The van der Waals surface area contributed by atoms with Crippen LogP contribution in [0.1, 0.15) is 17.5 Å². The average Bonchev–Trinajstić information content (AvgIpc) is 3.43. The van der Waals surface area contributed by atoms with Crippen molar-refractivity contribution in [2.24, 2.45) is 0 Å². The fourth-order valence-electron chi connectivity index (χ4n) is 5.91. The van der Waals surface area contributed by atoms with E-state index in [4.69, 9.17) is 0 Å². The highest BCUT2D eigenvalue weighted by Gasteiger charge is 2.15. The minimum Gasteiger partial charge on any atom is -0.354 e. The Labute approximate surface area is 219 Å². The van der Waals surface area contributed by atoms with Gasteiger partial charge in [0, 0.05) is 42.0 Å². The van der Waals surface area contributed by atoms with Crippen LogP contribution in [0.3, 0.4) is 0 Å². The lowest BCUT2D eigenvalue weighted by atomic mass is 9.95. The molecule has 7 aromatic rings. The van der Waals surface area contributed by atoms with Crippen molar-refractivity contribution in [1.82, 2.24) is 4.98 Å². The van der Waals surface area contributed by atoms with Gasteiger partial charge in [-0.15, -0.1) is 11.3 Å². The number of para-hydroxylation sites is 1. The maximum absolute atomic E-state index is 3.77. The minimum atomic E-state index is 0.975. The van der Waals surface area contributed by atoms with E-state index in [1.54, 1.807) is 0 Å². The fourth-order valence-corrected chi connectivity index (χ4v) is 7.15. The van der Waals surface area contributed by atoms with Crippen LogP contribution in [0.25, 0.3) is 76.4 Å². The van der Waals surface area contributed by atoms with Crippen molar-refractivity contribution >= 4 is 65.5 Å². The second-order valence-electron chi connectivity index (χ2n) is 9.75. The summed E-state index contributed by atoms with van der Waals surface area (Å²) >= 11 is 1.89. The Morgan fingerprint density at radius 1 is 0.622 bits per heavy atom. The Hall–Kier alpha value is -4.40. The number of thiophene rings is 1. The molecule has 1 aliphatic carbocycles. The van der Waals surface area contributed by atoms with E-state index in [2.05, 4.69) is 126 Å². The number of benzene rings is 5. The molecule has 2 aromatic heterocycles. The number of allylic oxidation sites excluding steroid dienone is 2. The van der Waals surface area contributed by atoms with Crippen LogP contribution in [0.2, 0.25) is 0 Å². The summed E-state index contributed by atoms with van der Waals surface area (Å²) in [6.07, 6.45) is 9.99. The molecule has 0 unspecified atom stereocenters. The molecule has 0 saturated carbocycles. The largest absolute Gasteiger partial charge is 0.354 e. The zero-order chi connectivity index (χ0) is 24.3. The monoisotopic (exact) mass is 489 g/mol. The number of hydrogen-bond acceptors (Lipinski definition) is 1. The van der Waals surface area contributed by atoms with Crippen LogP contribution in [-0.2, 0) is 0 Å². The first kappa shape index (κ1) is 20.8. The zero-order valence-corrected chi connectivity index (χ0v) is 21.0. The van der Waals surface area contributed by atoms with E-state index >= 15 is 0 Å². The van der Waals surface area contributed by atoms with Gasteiger partial charge in [-0.05, 0) is 52.4 Å². The van der Waals surface area contributed by atoms with Gasteiger partial charge in [0.05, 0.1) is 5.52 Å². The molecule has 0 atom stereocenters. The number of fused-ring (bicyclic) bond motifs is 8. The van der Waals surface area contributed by atoms with E-state index in [1.807, 2.05) is 11.3 Å². The molecule has 0 radical (unpaired) electrons. The molecule has 1 aliphatic rings. The molecule has 2 heteroatoms. The molecule has 0 saturated heterocycles. The molecule has 174 valence electrons. The number of aromatic amines is 1. The van der Waals surface area contributed by atoms with Gasteiger partial charge in [-0.2, -0.15) is 0 Å². The first-order chi connectivity index (χ1) is 18.3. The lowest BCUT2D eigenvalue weighted by molar-refractivity contribution is 1.44. The summed E-state index contributed by atoms with van der Waals surface area (Å²) in [7, 11) is 0. The van der Waals surface area contributed by atoms with E-state index in [1.165, 1.54) is 75.4 Å². The molecule has 0 fully saturated rings. The Kier molecular flexibility index (Phi) is 4.52. The molecule has 0 aliphatic heterocycles. The molecule has 0 bridgehead atoms. The lowest BCUT2D eigenvalue weighted by Crippen LogP contribution is -1.84. The number of hydrogen-bond donors (Lipinski definition) is 1. The first-order valence-electron chi connectivity index (χ1n) is 12.8. The Bertz CT molecular complexity index is 2060. The van der Waals surface area contributed by atoms with Crippen LogP contribution in [0.4, 0.5) is 0 Å². The summed E-state index contributed by atoms with van der Waals surface area (Å²) in [6.45, 7) is 0. The molecule has 0 spiro atoms. The summed E-state index contributed by atoms with van der Waals surface area (Å²) in [6, 6.07) is 35.6. The normalized spacial score (nSPS) is 13.1. The summed E-state index contributed by atoms with van der Waals surface area (Å²) < 4.78 is 2.69. The summed E-state index contributed by atoms with van der Waals surface area (Å²) in [5.74, 6) is 0. The van der Waals surface area contributed by atoms with Crippen molar-refractivity contribution in [3.63, 3.8) is 0 Å². The molecular weight excluding hydrogens is 466 g/mol. The number of nitrogens with one attached hydrogen (secondary N) is 1. The van der Waals surface area contributed by atoms with Gasteiger partial charge in [-0.3, -0.25) is 0 Å². The second kappa shape index (κ2) is 8.06. The molecule has 1 N–H and O–H groups in total. The number of rotatable bonds is 2. The number of H-pyrrole nitrogens is 1. The number of aromatic nitrogens is 1. The first-order valence-corrected chi connectivity index (χ1v) is 13.6. The highest BCUT2D eigenvalue weighted by molar-refractivity contribution is 7.26. The van der Waals surface area contributed by atoms with Gasteiger partial charge in [0.1, 0.15) is 0 Å². The maximum Gasteiger partial charge on any atom is 0.0544 e. The third kappa shape index (κ3) is 3.16. The van der Waals surface area contributed by atoms with Crippen molar-refractivity contribution < 1.29 is 0 Å². The SMILES string of the molecule is C1=Cc2ccc3[nH]c4c(-c5cccc(-c6cccc7c6sc6ccccc67)c5)cccc4c3c2C=CC1. The van der Waals surface area contributed by atoms with Crippen LogP contribution < -0.4 is 0 Å². The van der Waals surface area contributed by atoms with E-state index in [9.17, 15) is 0 Å². The molecule has 8 rings (SSSR count). The Morgan fingerprint density at radius 2 is 1.38 bits per heavy atom. The van der Waals surface area contributed by atoms with Crippen molar-refractivity contribution in [1.29, 1.82) is 0 Å². The molecule has 37 heavy (non-hydrogen) atoms. The second-order valence-corrected chi connectivity index (χ2v) is 10.8. The van der Waals surface area contributed by atoms with E-state index in [0.29, 0.717) is 0 Å². The quantitative estimate of drug-likeness (QED) is 0.249. The van der Waals surface area contributed by atoms with Crippen molar-refractivity contribution in [2.75, 3.05) is 0 Å². The predicted molar refractivity (Wildman–Crippen MR) is 162 cm³/mol. The summed E-state index contributed by atoms with van der Waals surface area (Å²) in [5, 5.41) is 5.26. The van der Waals surface area contributed by atoms with Crippen LogP contribution in [-0.4, -0.2) is 4.98 Å². The van der Waals surface area contributed by atoms with Crippen LogP contribution in [0, 0.1) is 0 Å². The van der Waals surface area contributed by atoms with Crippen molar-refractivity contribution in [3.05, 3.63) is 120 Å². The van der Waals surface area contributed by atoms with Crippen molar-refractivity contribution in [2.45, 2.75) is 6.42 Å². The smallest absolute Gasteiger partial charge is 0.0544 e. The van der Waals surface area contributed by atoms with Gasteiger partial charge in [-0.1, -0.05) is 103 Å². The molecule has 2 heterocycles. The third-order valence-corrected chi connectivity index (χ3v) is 8.84. The van der Waals surface area contributed by atoms with Crippen LogP contribution in [0.15, 0.2) is 109 Å². The van der Waals surface area contributed by atoms with Gasteiger partial charge in [0.15, 0.2) is 0 Å². The Balaban J connectivity index is 1.34. The Morgan fingerprint density at radius 3 is 2.32 bits per heavy atom. The highest BCUT2D eigenvalue weighted by Crippen LogP contribution is 2.42. The molecule has 1 nitrogen and oxygen atoms in total. The fraction of sp³-hybridized carbons (Fsp3) is 0.0286. The summed E-state index contributed by atoms with van der Waals surface area (Å²) in [5.41, 5.74) is 9.99. The van der Waals surface area contributed by atoms with Gasteiger partial charge in [0.25, 0.3) is 0 Å². The predicted octanol–water partition coefficient (Wildman–Crippen LogP) is 10.5. The topological polar surface area (TPSA) is 15.8 Å². The third-order valence-electron chi connectivity index (χ3n) is 7.62. The maximum atomic E-state index is 3.77.